The van der Waals surface area contributed by atoms with E-state index in [-0.39, 0.29) is 0 Å². The van der Waals surface area contributed by atoms with Crippen LogP contribution in [0.2, 0.25) is 0 Å². The van der Waals surface area contributed by atoms with Gasteiger partial charge in [0.15, 0.2) is 0 Å². The Bertz CT molecular complexity index is 3540. The van der Waals surface area contributed by atoms with Crippen LogP contribution in [0.1, 0.15) is 51.1 Å². The van der Waals surface area contributed by atoms with Crippen molar-refractivity contribution in [2.75, 3.05) is 0 Å². The Morgan fingerprint density at radius 3 is 2.03 bits per heavy atom. The van der Waals surface area contributed by atoms with Crippen molar-refractivity contribution in [1.82, 2.24) is 9.13 Å². The second-order valence-electron chi connectivity index (χ2n) is 17.0. The maximum atomic E-state index is 5.32. The second kappa shape index (κ2) is 16.9. The second-order valence-corrected chi connectivity index (χ2v) is 17.0. The van der Waals surface area contributed by atoms with E-state index in [0.29, 0.717) is 6.54 Å². The fourth-order valence-corrected chi connectivity index (χ4v) is 9.99. The zero-order valence-electron chi connectivity index (χ0n) is 36.7. The molecule has 0 amide bonds. The molecule has 0 atom stereocenters. The fourth-order valence-electron chi connectivity index (χ4n) is 9.99. The van der Waals surface area contributed by atoms with Crippen molar-refractivity contribution in [1.29, 1.82) is 0 Å². The van der Waals surface area contributed by atoms with Crippen molar-refractivity contribution in [2.24, 2.45) is 9.98 Å². The van der Waals surface area contributed by atoms with Crippen molar-refractivity contribution in [3.63, 3.8) is 0 Å². The van der Waals surface area contributed by atoms with Crippen molar-refractivity contribution >= 4 is 62.5 Å². The highest BCUT2D eigenvalue weighted by Crippen LogP contribution is 2.41. The number of hydrogen-bond acceptors (Lipinski definition) is 2. The summed E-state index contributed by atoms with van der Waals surface area (Å²) in [7, 11) is 0. The van der Waals surface area contributed by atoms with Crippen LogP contribution < -0.4 is 0 Å². The number of aryl methyl sites for hydroxylation is 2. The topological polar surface area (TPSA) is 34.6 Å². The van der Waals surface area contributed by atoms with Crippen LogP contribution in [0.5, 0.6) is 0 Å². The zero-order chi connectivity index (χ0) is 43.9. The number of hydrogen-bond donors (Lipinski definition) is 0. The number of fused-ring (bicyclic) bond motifs is 6. The summed E-state index contributed by atoms with van der Waals surface area (Å²) in [6.07, 6.45) is 6.50. The van der Waals surface area contributed by atoms with Gasteiger partial charge in [-0.1, -0.05) is 146 Å². The van der Waals surface area contributed by atoms with E-state index in [1.807, 2.05) is 6.07 Å². The molecule has 10 aromatic rings. The van der Waals surface area contributed by atoms with Crippen LogP contribution >= 0.6 is 0 Å². The third kappa shape index (κ3) is 7.23. The van der Waals surface area contributed by atoms with Crippen molar-refractivity contribution in [3.8, 4) is 22.5 Å². The zero-order valence-corrected chi connectivity index (χ0v) is 36.7. The number of aliphatic imine (C=N–C) groups is 2. The molecule has 11 rings (SSSR count). The minimum atomic E-state index is 0.530. The van der Waals surface area contributed by atoms with Gasteiger partial charge in [0.05, 0.1) is 34.5 Å². The molecule has 8 aromatic carbocycles. The van der Waals surface area contributed by atoms with Gasteiger partial charge in [0.25, 0.3) is 0 Å². The summed E-state index contributed by atoms with van der Waals surface area (Å²) < 4.78 is 4.86. The Labute approximate surface area is 380 Å². The summed E-state index contributed by atoms with van der Waals surface area (Å²) in [6, 6.07) is 69.6. The van der Waals surface area contributed by atoms with Gasteiger partial charge in [-0.3, -0.25) is 9.98 Å². The van der Waals surface area contributed by atoms with E-state index in [2.05, 4.69) is 230 Å². The molecule has 0 saturated heterocycles. The summed E-state index contributed by atoms with van der Waals surface area (Å²) in [5.74, 6) is 0. The molecule has 0 spiro atoms. The maximum Gasteiger partial charge on any atom is 0.0722 e. The predicted molar refractivity (Wildman–Crippen MR) is 276 cm³/mol. The van der Waals surface area contributed by atoms with Crippen LogP contribution in [-0.2, 0) is 13.0 Å². The van der Waals surface area contributed by atoms with E-state index in [1.54, 1.807) is 0 Å². The first-order valence-corrected chi connectivity index (χ1v) is 22.5. The van der Waals surface area contributed by atoms with Crippen LogP contribution in [0.15, 0.2) is 210 Å². The average molecular weight is 837 g/mol. The minimum absolute atomic E-state index is 0.530. The first kappa shape index (κ1) is 39.7. The van der Waals surface area contributed by atoms with Gasteiger partial charge in [-0.25, -0.2) is 0 Å². The fraction of sp³-hybridized carbons (Fsp3) is 0.0820. The van der Waals surface area contributed by atoms with Crippen LogP contribution in [0.25, 0.3) is 72.6 Å². The van der Waals surface area contributed by atoms with Crippen LogP contribution in [0.4, 0.5) is 0 Å². The molecule has 4 nitrogen and oxygen atoms in total. The lowest BCUT2D eigenvalue weighted by atomic mass is 9.90. The first-order valence-electron chi connectivity index (χ1n) is 22.5. The van der Waals surface area contributed by atoms with Crippen molar-refractivity contribution in [2.45, 2.75) is 33.2 Å². The standard InChI is InChI=1S/C61H48N4/c1-41-18-10-11-26-49(41)61-42(2)19-16-29-52(61)56(62-3)39-55(63-40-43-20-6-4-7-21-43)46-22-17-25-48(36-46)65-58-31-15-13-28-51(58)54-38-45(33-35-60(54)65)44-32-34-59-53(37-44)50-27-12-14-30-57(50)64(59)47-23-8-5-9-24-47/h4-31,33,35-39H,3,32,34,40H2,1-2H3/b56-39-,63-55?. The molecule has 4 heteroatoms. The van der Waals surface area contributed by atoms with Crippen molar-refractivity contribution < 1.29 is 0 Å². The van der Waals surface area contributed by atoms with Gasteiger partial charge in [-0.2, -0.15) is 0 Å². The summed E-state index contributed by atoms with van der Waals surface area (Å²) in [5.41, 5.74) is 20.8. The lowest BCUT2D eigenvalue weighted by Crippen LogP contribution is -2.05. The largest absolute Gasteiger partial charge is 0.313 e. The summed E-state index contributed by atoms with van der Waals surface area (Å²) >= 11 is 0. The highest BCUT2D eigenvalue weighted by atomic mass is 15.0. The third-order valence-electron chi connectivity index (χ3n) is 13.1. The van der Waals surface area contributed by atoms with Crippen LogP contribution in [-0.4, -0.2) is 21.6 Å². The van der Waals surface area contributed by atoms with E-state index in [4.69, 9.17) is 9.98 Å². The van der Waals surface area contributed by atoms with Gasteiger partial charge in [0, 0.05) is 49.9 Å². The molecule has 1 aliphatic carbocycles. The Hall–Kier alpha value is -8.08. The van der Waals surface area contributed by atoms with E-state index >= 15 is 0 Å². The number of para-hydroxylation sites is 3. The van der Waals surface area contributed by atoms with Gasteiger partial charge >= 0.3 is 0 Å². The van der Waals surface area contributed by atoms with Crippen LogP contribution in [0.3, 0.4) is 0 Å². The number of aromatic nitrogens is 2. The molecular weight excluding hydrogens is 789 g/mol. The molecule has 0 unspecified atom stereocenters. The van der Waals surface area contributed by atoms with Crippen LogP contribution in [0, 0.1) is 13.8 Å². The normalized spacial score (nSPS) is 13.0. The van der Waals surface area contributed by atoms with E-state index in [0.717, 1.165) is 57.7 Å². The Morgan fingerprint density at radius 1 is 0.569 bits per heavy atom. The quantitative estimate of drug-likeness (QED) is 0.123. The Balaban J connectivity index is 1.03. The highest BCUT2D eigenvalue weighted by Gasteiger charge is 2.23. The Morgan fingerprint density at radius 2 is 1.23 bits per heavy atom. The van der Waals surface area contributed by atoms with Gasteiger partial charge in [0.1, 0.15) is 0 Å². The monoisotopic (exact) mass is 836 g/mol. The highest BCUT2D eigenvalue weighted by molar-refractivity contribution is 6.14. The first-order chi connectivity index (χ1) is 32.0. The van der Waals surface area contributed by atoms with Gasteiger partial charge in [0.2, 0.25) is 0 Å². The van der Waals surface area contributed by atoms with Gasteiger partial charge in [-0.05, 0) is 133 Å². The summed E-state index contributed by atoms with van der Waals surface area (Å²) in [5, 5.41) is 3.76. The van der Waals surface area contributed by atoms with Gasteiger partial charge in [-0.15, -0.1) is 0 Å². The summed E-state index contributed by atoms with van der Waals surface area (Å²) in [4.78, 5) is 10.0. The number of rotatable bonds is 10. The van der Waals surface area contributed by atoms with Gasteiger partial charge < -0.3 is 9.13 Å². The summed E-state index contributed by atoms with van der Waals surface area (Å²) in [6.45, 7) is 8.98. The Kier molecular flexibility index (Phi) is 10.3. The predicted octanol–water partition coefficient (Wildman–Crippen LogP) is 15.2. The lowest BCUT2D eigenvalue weighted by Gasteiger charge is -2.18. The molecule has 2 heterocycles. The molecule has 312 valence electrons. The molecule has 0 radical (unpaired) electrons. The molecule has 0 fully saturated rings. The van der Waals surface area contributed by atoms with E-state index in [9.17, 15) is 0 Å². The molecule has 2 aromatic heterocycles. The molecule has 0 bridgehead atoms. The maximum absolute atomic E-state index is 5.32. The smallest absolute Gasteiger partial charge is 0.0722 e. The molecule has 0 N–H and O–H groups in total. The number of nitrogens with zero attached hydrogens (tertiary/aromatic N) is 4. The number of benzene rings is 8. The molecule has 1 aliphatic rings. The average Bonchev–Trinajstić information content (AvgIpc) is 3.87. The van der Waals surface area contributed by atoms with E-state index in [1.165, 1.54) is 72.0 Å². The molecule has 0 aliphatic heterocycles. The molecular formula is C61H48N4. The molecule has 0 saturated carbocycles. The lowest BCUT2D eigenvalue weighted by molar-refractivity contribution is 0.898. The third-order valence-corrected chi connectivity index (χ3v) is 13.1. The molecule has 65 heavy (non-hydrogen) atoms. The number of allylic oxidation sites excluding steroid dienone is 2. The van der Waals surface area contributed by atoms with E-state index < -0.39 is 0 Å². The van der Waals surface area contributed by atoms with Crippen molar-refractivity contribution in [3.05, 3.63) is 245 Å². The minimum Gasteiger partial charge on any atom is -0.313 e. The SMILES string of the molecule is C=N/C(=C\C(=NCc1ccccc1)c1cccc(-n2c3ccccc3c3cc(C4=Cc5c(n(-c6ccccc6)c6ccccc56)CC4)ccc32)c1)c1cccc(C)c1-c1ccccc1C.